The quantitative estimate of drug-likeness (QED) is 0.199. The molecule has 2 aliphatic heterocycles. The molecule has 44 heavy (non-hydrogen) atoms. The number of hydrogen-bond acceptors (Lipinski definition) is 17. The van der Waals surface area contributed by atoms with Gasteiger partial charge in [0.2, 0.25) is 0 Å². The van der Waals surface area contributed by atoms with E-state index in [-0.39, 0.29) is 49.1 Å². The third-order valence-electron chi connectivity index (χ3n) is 6.81. The van der Waals surface area contributed by atoms with Crippen molar-refractivity contribution in [2.75, 3.05) is 38.0 Å². The SMILES string of the molecule is CP(=O)(O)OC[C@@H]1CC(OP(C)(=O)OC[C@@H]2CC(=O)[C@H](n3cnc4c(N)ncnc43)O2)[C@H](n2c(=O)sc3c(N)ncnc32)O1. The summed E-state index contributed by atoms with van der Waals surface area (Å²) in [5.74, 6) is -0.0390. The van der Waals surface area contributed by atoms with Gasteiger partial charge in [-0.1, -0.05) is 11.3 Å². The lowest BCUT2D eigenvalue weighted by Crippen LogP contribution is -2.29. The molecule has 6 heterocycles. The summed E-state index contributed by atoms with van der Waals surface area (Å²) in [4.78, 5) is 55.1. The summed E-state index contributed by atoms with van der Waals surface area (Å²) in [5.41, 5.74) is 12.6. The van der Waals surface area contributed by atoms with Gasteiger partial charge in [0.05, 0.1) is 31.7 Å². The number of anilines is 2. The van der Waals surface area contributed by atoms with E-state index in [0.29, 0.717) is 15.9 Å². The molecule has 4 aromatic rings. The summed E-state index contributed by atoms with van der Waals surface area (Å²) < 4.78 is 56.6. The molecule has 6 rings (SSSR count). The van der Waals surface area contributed by atoms with Crippen molar-refractivity contribution in [3.63, 3.8) is 0 Å². The largest absolute Gasteiger partial charge is 0.382 e. The lowest BCUT2D eigenvalue weighted by Gasteiger charge is -2.24. The fourth-order valence-electron chi connectivity index (χ4n) is 4.95. The molecule has 0 spiro atoms. The van der Waals surface area contributed by atoms with Crippen LogP contribution in [0, 0.1) is 0 Å². The molecule has 2 saturated heterocycles. The third kappa shape index (κ3) is 6.17. The molecule has 5 N–H and O–H groups in total. The number of nitrogens with zero attached hydrogens (tertiary/aromatic N) is 7. The highest BCUT2D eigenvalue weighted by Gasteiger charge is 2.44. The van der Waals surface area contributed by atoms with Gasteiger partial charge < -0.3 is 39.4 Å². The van der Waals surface area contributed by atoms with E-state index in [1.54, 1.807) is 0 Å². The fourth-order valence-corrected chi connectivity index (χ4v) is 7.43. The maximum atomic E-state index is 13.5. The smallest absolute Gasteiger partial charge is 0.328 e. The van der Waals surface area contributed by atoms with Crippen LogP contribution in [0.25, 0.3) is 21.5 Å². The number of fused-ring (bicyclic) bond motifs is 2. The first kappa shape index (κ1) is 30.8. The number of aromatic nitrogens is 7. The van der Waals surface area contributed by atoms with E-state index < -0.39 is 50.8 Å². The van der Waals surface area contributed by atoms with Crippen LogP contribution in [-0.2, 0) is 37.0 Å². The molecular weight excluding hydrogens is 644 g/mol. The van der Waals surface area contributed by atoms with E-state index in [1.807, 2.05) is 0 Å². The van der Waals surface area contributed by atoms with Crippen LogP contribution >= 0.6 is 26.5 Å². The molecule has 3 unspecified atom stereocenters. The number of imidazole rings is 1. The minimum absolute atomic E-state index is 0.0232. The zero-order valence-electron chi connectivity index (χ0n) is 23.2. The van der Waals surface area contributed by atoms with Gasteiger partial charge in [-0.2, -0.15) is 0 Å². The number of rotatable bonds is 10. The Morgan fingerprint density at radius 3 is 2.45 bits per heavy atom. The zero-order chi connectivity index (χ0) is 31.4. The Kier molecular flexibility index (Phi) is 8.14. The van der Waals surface area contributed by atoms with Crippen LogP contribution < -0.4 is 16.3 Å². The topological polar surface area (TPSA) is 261 Å². The maximum absolute atomic E-state index is 13.5. The Morgan fingerprint density at radius 1 is 1.00 bits per heavy atom. The van der Waals surface area contributed by atoms with Gasteiger partial charge in [0.1, 0.15) is 34.8 Å². The summed E-state index contributed by atoms with van der Waals surface area (Å²) in [5, 5.41) is 0. The first-order chi connectivity index (χ1) is 20.8. The third-order valence-corrected chi connectivity index (χ3v) is 9.68. The Bertz CT molecular complexity index is 1890. The number of carbonyl (C=O) groups excluding carboxylic acids is 1. The van der Waals surface area contributed by atoms with Crippen molar-refractivity contribution >= 4 is 65.5 Å². The first-order valence-corrected chi connectivity index (χ1v) is 17.9. The number of nitrogen functional groups attached to an aromatic ring is 2. The van der Waals surface area contributed by atoms with Gasteiger partial charge in [0, 0.05) is 26.2 Å². The lowest BCUT2D eigenvalue weighted by atomic mass is 10.2. The molecule has 0 aromatic carbocycles. The first-order valence-electron chi connectivity index (χ1n) is 13.0. The second-order valence-electron chi connectivity index (χ2n) is 10.2. The van der Waals surface area contributed by atoms with Gasteiger partial charge in [-0.25, -0.2) is 24.9 Å². The van der Waals surface area contributed by atoms with Gasteiger partial charge in [-0.3, -0.25) is 27.9 Å². The zero-order valence-corrected chi connectivity index (χ0v) is 25.8. The van der Waals surface area contributed by atoms with Crippen LogP contribution in [0.15, 0.2) is 23.8 Å². The predicted octanol–water partition coefficient (Wildman–Crippen LogP) is 1.06. The van der Waals surface area contributed by atoms with Gasteiger partial charge in [0.25, 0.3) is 0 Å². The Hall–Kier alpha value is -3.19. The second-order valence-corrected chi connectivity index (χ2v) is 15.0. The van der Waals surface area contributed by atoms with Crippen molar-refractivity contribution in [3.05, 3.63) is 28.6 Å². The van der Waals surface area contributed by atoms with Crippen molar-refractivity contribution in [2.45, 2.75) is 43.6 Å². The minimum Gasteiger partial charge on any atom is -0.382 e. The van der Waals surface area contributed by atoms with Crippen LogP contribution in [0.5, 0.6) is 0 Å². The molecule has 2 aliphatic rings. The monoisotopic (exact) mass is 671 g/mol. The van der Waals surface area contributed by atoms with Gasteiger partial charge in [-0.05, 0) is 0 Å². The number of hydrogen-bond donors (Lipinski definition) is 3. The van der Waals surface area contributed by atoms with Crippen molar-refractivity contribution in [1.29, 1.82) is 0 Å². The van der Waals surface area contributed by atoms with Gasteiger partial charge in [0.15, 0.2) is 35.4 Å². The van der Waals surface area contributed by atoms with E-state index in [0.717, 1.165) is 18.0 Å². The summed E-state index contributed by atoms with van der Waals surface area (Å²) in [6.07, 6.45) is -1.06. The highest BCUT2D eigenvalue weighted by atomic mass is 32.1. The molecule has 0 radical (unpaired) electrons. The number of ether oxygens (including phenoxy) is 2. The number of Topliss-reactive ketones (excluding diaryl/α,β-unsaturated/α-hetero) is 1. The molecule has 0 bridgehead atoms. The fraction of sp³-hybridized carbons (Fsp3) is 0.500. The average molecular weight is 672 g/mol. The Morgan fingerprint density at radius 2 is 1.70 bits per heavy atom. The Balaban J connectivity index is 1.17. The molecular formula is C22H27N9O10P2S. The number of thiazole rings is 1. The molecule has 2 fully saturated rings. The highest BCUT2D eigenvalue weighted by molar-refractivity contribution is 7.53. The minimum atomic E-state index is -3.88. The van der Waals surface area contributed by atoms with E-state index in [2.05, 4.69) is 24.9 Å². The van der Waals surface area contributed by atoms with Crippen LogP contribution in [0.3, 0.4) is 0 Å². The molecule has 236 valence electrons. The number of carbonyl (C=O) groups is 1. The van der Waals surface area contributed by atoms with Crippen LogP contribution in [0.2, 0.25) is 0 Å². The average Bonchev–Trinajstić information content (AvgIpc) is 3.71. The second kappa shape index (κ2) is 11.6. The summed E-state index contributed by atoms with van der Waals surface area (Å²) >= 11 is 0.795. The van der Waals surface area contributed by atoms with Crippen molar-refractivity contribution in [3.8, 4) is 0 Å². The highest BCUT2D eigenvalue weighted by Crippen LogP contribution is 2.50. The summed E-state index contributed by atoms with van der Waals surface area (Å²) in [6.45, 7) is 1.69. The molecule has 7 atom stereocenters. The van der Waals surface area contributed by atoms with E-state index in [9.17, 15) is 23.6 Å². The van der Waals surface area contributed by atoms with Crippen LogP contribution in [-0.4, -0.2) is 89.6 Å². The normalized spacial score (nSPS) is 26.8. The standard InChI is InChI=1S/C22H27N9O10P2S/c1-42(34,35)37-5-11-4-13(21(40-11)31-19-15(44-22(31)33)17(24)26-8-28-19)41-43(2,36)38-6-10-3-12(32)20(39-10)30-9-29-14-16(23)25-7-27-18(14)30/h7-11,13,20-21H,3-6H2,1-2H3,(H,34,35)(H2,23,25,27)(H2,24,26,28)/t10-,11-,13?,20+,21+,43?/m0/s1. The van der Waals surface area contributed by atoms with Crippen molar-refractivity contribution < 1.29 is 41.9 Å². The predicted molar refractivity (Wildman–Crippen MR) is 154 cm³/mol. The lowest BCUT2D eigenvalue weighted by molar-refractivity contribution is -0.127. The maximum Gasteiger partial charge on any atom is 0.328 e. The number of ketones is 1. The van der Waals surface area contributed by atoms with Crippen molar-refractivity contribution in [1.82, 2.24) is 34.1 Å². The molecule has 0 aliphatic carbocycles. The molecule has 0 amide bonds. The van der Waals surface area contributed by atoms with E-state index in [4.69, 9.17) is 34.5 Å². The molecule has 22 heteroatoms. The molecule has 0 saturated carbocycles. The molecule has 4 aromatic heterocycles. The van der Waals surface area contributed by atoms with E-state index >= 15 is 0 Å². The summed E-state index contributed by atoms with van der Waals surface area (Å²) in [7, 11) is -7.73. The summed E-state index contributed by atoms with van der Waals surface area (Å²) in [6, 6.07) is 0. The van der Waals surface area contributed by atoms with Gasteiger partial charge in [-0.15, -0.1) is 0 Å². The van der Waals surface area contributed by atoms with E-state index in [1.165, 1.54) is 34.8 Å². The molecule has 19 nitrogen and oxygen atoms in total. The van der Waals surface area contributed by atoms with Crippen LogP contribution in [0.4, 0.5) is 11.6 Å². The number of nitrogens with two attached hydrogens (primary N) is 2. The van der Waals surface area contributed by atoms with Crippen molar-refractivity contribution in [2.24, 2.45) is 0 Å². The Labute approximate surface area is 251 Å². The van der Waals surface area contributed by atoms with Gasteiger partial charge >= 0.3 is 20.1 Å². The van der Waals surface area contributed by atoms with Crippen LogP contribution in [0.1, 0.15) is 25.3 Å².